The van der Waals surface area contributed by atoms with Crippen LogP contribution in [0.5, 0.6) is 5.75 Å². The lowest BCUT2D eigenvalue weighted by atomic mass is 10.2. The lowest BCUT2D eigenvalue weighted by Crippen LogP contribution is -2.35. The van der Waals surface area contributed by atoms with Crippen LogP contribution in [0.25, 0.3) is 10.1 Å². The Labute approximate surface area is 188 Å². The zero-order chi connectivity index (χ0) is 23.3. The molecule has 2 aromatic carbocycles. The first-order valence-corrected chi connectivity index (χ1v) is 12.4. The van der Waals surface area contributed by atoms with E-state index in [2.05, 4.69) is 5.09 Å². The van der Waals surface area contributed by atoms with Crippen molar-refractivity contribution in [2.75, 3.05) is 6.61 Å². The number of para-hydroxylation sites is 1. The van der Waals surface area contributed by atoms with E-state index in [1.165, 1.54) is 37.3 Å². The van der Waals surface area contributed by atoms with Gasteiger partial charge in [-0.1, -0.05) is 31.2 Å². The lowest BCUT2D eigenvalue weighted by molar-refractivity contribution is -0.145. The van der Waals surface area contributed by atoms with Gasteiger partial charge in [0.2, 0.25) is 5.91 Å². The molecule has 0 aliphatic carbocycles. The second kappa shape index (κ2) is 10.3. The van der Waals surface area contributed by atoms with Crippen LogP contribution in [0.3, 0.4) is 0 Å². The Hall–Kier alpha value is -2.74. The first kappa shape index (κ1) is 23.9. The van der Waals surface area contributed by atoms with Crippen molar-refractivity contribution in [2.45, 2.75) is 32.2 Å². The molecule has 32 heavy (non-hydrogen) atoms. The lowest BCUT2D eigenvalue weighted by Gasteiger charge is -2.26. The van der Waals surface area contributed by atoms with E-state index in [-0.39, 0.29) is 22.8 Å². The number of aromatic carboxylic acids is 1. The van der Waals surface area contributed by atoms with Crippen LogP contribution in [0.4, 0.5) is 4.39 Å². The van der Waals surface area contributed by atoms with Gasteiger partial charge in [-0.05, 0) is 54.6 Å². The minimum atomic E-state index is -4.32. The number of rotatable bonds is 10. The Kier molecular flexibility index (Phi) is 7.66. The number of esters is 1. The number of nitrogens with one attached hydrogen (secondary N) is 1. The SMILES string of the molecule is CCCOC(=O)C(C)NP(=O)(Oc1ccccc1)C(F)c1ccc2sc(C(=O)O)cc2c1. The number of carbonyl (C=O) groups excluding carboxylic acids is 1. The average molecular weight is 479 g/mol. The van der Waals surface area contributed by atoms with Crippen LogP contribution in [0.2, 0.25) is 0 Å². The number of carboxylic acid groups (broad SMARTS) is 1. The van der Waals surface area contributed by atoms with Crippen molar-refractivity contribution < 1.29 is 32.9 Å². The van der Waals surface area contributed by atoms with E-state index in [1.54, 1.807) is 24.3 Å². The summed E-state index contributed by atoms with van der Waals surface area (Å²) in [6, 6.07) is 12.9. The van der Waals surface area contributed by atoms with Gasteiger partial charge in [0.15, 0.2) is 0 Å². The third-order valence-corrected chi connectivity index (χ3v) is 7.71. The van der Waals surface area contributed by atoms with Crippen molar-refractivity contribution in [3.05, 3.63) is 65.0 Å². The fourth-order valence-corrected chi connectivity index (χ4v) is 5.73. The Bertz CT molecular complexity index is 1150. The highest BCUT2D eigenvalue weighted by atomic mass is 32.1. The molecule has 0 bridgehead atoms. The van der Waals surface area contributed by atoms with E-state index in [0.29, 0.717) is 16.5 Å². The Morgan fingerprint density at radius 3 is 2.56 bits per heavy atom. The van der Waals surface area contributed by atoms with Gasteiger partial charge >= 0.3 is 19.5 Å². The van der Waals surface area contributed by atoms with Crippen molar-refractivity contribution in [3.8, 4) is 5.75 Å². The second-order valence-electron chi connectivity index (χ2n) is 7.07. The summed E-state index contributed by atoms with van der Waals surface area (Å²) in [5, 5.41) is 12.2. The van der Waals surface area contributed by atoms with E-state index in [4.69, 9.17) is 9.26 Å². The molecule has 0 radical (unpaired) electrons. The number of carboxylic acids is 1. The third kappa shape index (κ3) is 5.54. The summed E-state index contributed by atoms with van der Waals surface area (Å²) in [5.74, 6) is -3.70. The van der Waals surface area contributed by atoms with Gasteiger partial charge in [-0.3, -0.25) is 9.36 Å². The van der Waals surface area contributed by atoms with Gasteiger partial charge in [0.25, 0.3) is 0 Å². The van der Waals surface area contributed by atoms with Gasteiger partial charge in [-0.15, -0.1) is 11.3 Å². The number of hydrogen-bond donors (Lipinski definition) is 2. The van der Waals surface area contributed by atoms with E-state index in [1.807, 2.05) is 6.92 Å². The van der Waals surface area contributed by atoms with Crippen LogP contribution >= 0.6 is 18.9 Å². The van der Waals surface area contributed by atoms with Crippen molar-refractivity contribution in [1.29, 1.82) is 0 Å². The van der Waals surface area contributed by atoms with Gasteiger partial charge in [-0.25, -0.2) is 14.3 Å². The number of benzene rings is 2. The molecule has 170 valence electrons. The Balaban J connectivity index is 1.94. The van der Waals surface area contributed by atoms with Gasteiger partial charge in [0.1, 0.15) is 16.7 Å². The molecule has 0 saturated carbocycles. The second-order valence-corrected chi connectivity index (χ2v) is 10.2. The maximum Gasteiger partial charge on any atom is 0.355 e. The fourth-order valence-electron chi connectivity index (χ4n) is 2.94. The first-order valence-electron chi connectivity index (χ1n) is 9.93. The summed E-state index contributed by atoms with van der Waals surface area (Å²) in [5.41, 5.74) is 0.0353. The molecule has 3 aromatic rings. The van der Waals surface area contributed by atoms with Crippen molar-refractivity contribution in [2.24, 2.45) is 0 Å². The molecule has 0 aliphatic heterocycles. The maximum atomic E-state index is 15.7. The topological polar surface area (TPSA) is 102 Å². The zero-order valence-corrected chi connectivity index (χ0v) is 19.2. The van der Waals surface area contributed by atoms with Crippen LogP contribution in [-0.2, 0) is 14.1 Å². The highest BCUT2D eigenvalue weighted by molar-refractivity contribution is 7.57. The monoisotopic (exact) mass is 479 g/mol. The molecule has 0 fully saturated rings. The number of thiophene rings is 1. The molecular weight excluding hydrogens is 456 g/mol. The van der Waals surface area contributed by atoms with Crippen molar-refractivity contribution in [3.63, 3.8) is 0 Å². The summed E-state index contributed by atoms with van der Waals surface area (Å²) in [6.45, 7) is 3.45. The minimum absolute atomic E-state index is 0.0353. The number of ether oxygens (including phenoxy) is 1. The van der Waals surface area contributed by atoms with E-state index in [9.17, 15) is 19.3 Å². The molecule has 0 spiro atoms. The molecule has 3 unspecified atom stereocenters. The highest BCUT2D eigenvalue weighted by Gasteiger charge is 2.40. The zero-order valence-electron chi connectivity index (χ0n) is 17.5. The number of halogens is 1. The molecular formula is C22H23FNO6PS. The van der Waals surface area contributed by atoms with Crippen LogP contribution < -0.4 is 9.61 Å². The van der Waals surface area contributed by atoms with Gasteiger partial charge < -0.3 is 14.4 Å². The molecule has 3 atom stereocenters. The standard InChI is InChI=1S/C22H23FNO6PS/c1-3-11-29-22(27)14(2)24-31(28,30-17-7-5-4-6-8-17)20(23)15-9-10-18-16(12-15)13-19(32-18)21(25)26/h4-10,12-14,20H,3,11H2,1-2H3,(H,24,28)(H,25,26). The van der Waals surface area contributed by atoms with Crippen molar-refractivity contribution >= 4 is 40.9 Å². The average Bonchev–Trinajstić information content (AvgIpc) is 3.21. The van der Waals surface area contributed by atoms with Gasteiger partial charge in [0, 0.05) is 4.70 Å². The summed E-state index contributed by atoms with van der Waals surface area (Å²) in [6.07, 6.45) is 0.612. The predicted octanol–water partition coefficient (Wildman–Crippen LogP) is 5.77. The molecule has 2 N–H and O–H groups in total. The summed E-state index contributed by atoms with van der Waals surface area (Å²) in [4.78, 5) is 23.5. The summed E-state index contributed by atoms with van der Waals surface area (Å²) >= 11 is 1.06. The molecule has 3 rings (SSSR count). The van der Waals surface area contributed by atoms with Crippen LogP contribution in [0.1, 0.15) is 41.4 Å². The summed E-state index contributed by atoms with van der Waals surface area (Å²) < 4.78 is 40.7. The normalized spacial score (nSPS) is 15.0. The first-order chi connectivity index (χ1) is 15.2. The van der Waals surface area contributed by atoms with Crippen LogP contribution in [0.15, 0.2) is 54.6 Å². The highest BCUT2D eigenvalue weighted by Crippen LogP contribution is 2.58. The maximum absolute atomic E-state index is 15.7. The largest absolute Gasteiger partial charge is 0.477 e. The number of fused-ring (bicyclic) bond motifs is 1. The van der Waals surface area contributed by atoms with Gasteiger partial charge in [0.05, 0.1) is 6.61 Å². The molecule has 0 amide bonds. The van der Waals surface area contributed by atoms with Crippen LogP contribution in [0, 0.1) is 0 Å². The number of hydrogen-bond acceptors (Lipinski definition) is 6. The van der Waals surface area contributed by atoms with E-state index < -0.39 is 31.4 Å². The molecule has 7 nitrogen and oxygen atoms in total. The van der Waals surface area contributed by atoms with Crippen molar-refractivity contribution in [1.82, 2.24) is 5.09 Å². The molecule has 1 heterocycles. The number of carbonyl (C=O) groups is 2. The van der Waals surface area contributed by atoms with E-state index in [0.717, 1.165) is 11.3 Å². The summed E-state index contributed by atoms with van der Waals surface area (Å²) in [7, 11) is -4.32. The van der Waals surface area contributed by atoms with E-state index >= 15 is 4.39 Å². The molecule has 0 saturated heterocycles. The molecule has 0 aliphatic rings. The Morgan fingerprint density at radius 1 is 1.19 bits per heavy atom. The van der Waals surface area contributed by atoms with Gasteiger partial charge in [-0.2, -0.15) is 0 Å². The van der Waals surface area contributed by atoms with Crippen LogP contribution in [-0.4, -0.2) is 29.7 Å². The smallest absolute Gasteiger partial charge is 0.355 e. The number of alkyl halides is 1. The third-order valence-electron chi connectivity index (χ3n) is 4.48. The quantitative estimate of drug-likeness (QED) is 0.281. The predicted molar refractivity (Wildman–Crippen MR) is 121 cm³/mol. The Morgan fingerprint density at radius 2 is 1.91 bits per heavy atom. The molecule has 10 heteroatoms. The minimum Gasteiger partial charge on any atom is -0.477 e. The molecule has 1 aromatic heterocycles. The fraction of sp³-hybridized carbons (Fsp3) is 0.273.